The van der Waals surface area contributed by atoms with Gasteiger partial charge in [0.2, 0.25) is 0 Å². The Labute approximate surface area is 107 Å². The predicted molar refractivity (Wildman–Crippen MR) is 73.1 cm³/mol. The van der Waals surface area contributed by atoms with Crippen LogP contribution in [-0.4, -0.2) is 12.2 Å². The van der Waals surface area contributed by atoms with E-state index in [0.29, 0.717) is 0 Å². The fourth-order valence-corrected chi connectivity index (χ4v) is 2.01. The molecule has 1 atom stereocenters. The first-order chi connectivity index (χ1) is 8.76. The highest BCUT2D eigenvalue weighted by atomic mass is 16.5. The van der Waals surface area contributed by atoms with Crippen LogP contribution in [0.3, 0.4) is 0 Å². The number of hydrogen-bond acceptors (Lipinski definition) is 2. The Kier molecular flexibility index (Phi) is 3.68. The van der Waals surface area contributed by atoms with Crippen molar-refractivity contribution in [2.24, 2.45) is 0 Å². The van der Waals surface area contributed by atoms with Gasteiger partial charge in [-0.3, -0.25) is 0 Å². The smallest absolute Gasteiger partial charge is 0.119 e. The number of benzene rings is 2. The second-order valence-corrected chi connectivity index (χ2v) is 4.05. The number of phenols is 1. The van der Waals surface area contributed by atoms with Gasteiger partial charge in [0.15, 0.2) is 0 Å². The minimum atomic E-state index is -0.0405. The molecule has 2 aromatic carbocycles. The maximum atomic E-state index is 9.99. The van der Waals surface area contributed by atoms with E-state index in [9.17, 15) is 5.11 Å². The molecule has 0 spiro atoms. The maximum absolute atomic E-state index is 9.99. The molecule has 0 radical (unpaired) electrons. The number of rotatable bonds is 4. The van der Waals surface area contributed by atoms with Gasteiger partial charge in [-0.2, -0.15) is 0 Å². The predicted octanol–water partition coefficient (Wildman–Crippen LogP) is 3.72. The molecule has 0 saturated heterocycles. The summed E-state index contributed by atoms with van der Waals surface area (Å²) >= 11 is 0. The molecule has 0 bridgehead atoms. The molecule has 0 saturated carbocycles. The molecule has 0 aliphatic carbocycles. The van der Waals surface area contributed by atoms with Crippen molar-refractivity contribution in [1.82, 2.24) is 0 Å². The van der Waals surface area contributed by atoms with E-state index in [1.54, 1.807) is 19.2 Å². The van der Waals surface area contributed by atoms with E-state index in [1.165, 1.54) is 0 Å². The monoisotopic (exact) mass is 240 g/mol. The summed E-state index contributed by atoms with van der Waals surface area (Å²) in [5.74, 6) is 0.941. The molecule has 2 aromatic rings. The van der Waals surface area contributed by atoms with Gasteiger partial charge in [-0.1, -0.05) is 36.4 Å². The first kappa shape index (κ1) is 12.2. The van der Waals surface area contributed by atoms with Crippen molar-refractivity contribution < 1.29 is 9.84 Å². The Hall–Kier alpha value is -2.22. The van der Waals surface area contributed by atoms with E-state index in [-0.39, 0.29) is 11.7 Å². The van der Waals surface area contributed by atoms with Gasteiger partial charge in [0, 0.05) is 11.5 Å². The largest absolute Gasteiger partial charge is 0.508 e. The van der Waals surface area contributed by atoms with E-state index in [1.807, 2.05) is 42.5 Å². The summed E-state index contributed by atoms with van der Waals surface area (Å²) in [6.45, 7) is 3.86. The van der Waals surface area contributed by atoms with Gasteiger partial charge in [0.25, 0.3) is 0 Å². The van der Waals surface area contributed by atoms with Crippen LogP contribution >= 0.6 is 0 Å². The van der Waals surface area contributed by atoms with Crippen LogP contribution in [-0.2, 0) is 0 Å². The molecule has 2 nitrogen and oxygen atoms in total. The SMILES string of the molecule is C=CC(c1ccccc1)c1cc(OC)ccc1O. The lowest BCUT2D eigenvalue weighted by atomic mass is 9.90. The maximum Gasteiger partial charge on any atom is 0.119 e. The van der Waals surface area contributed by atoms with Crippen LogP contribution in [0.15, 0.2) is 61.2 Å². The fourth-order valence-electron chi connectivity index (χ4n) is 2.01. The van der Waals surface area contributed by atoms with Gasteiger partial charge in [-0.25, -0.2) is 0 Å². The quantitative estimate of drug-likeness (QED) is 0.825. The second kappa shape index (κ2) is 5.41. The van der Waals surface area contributed by atoms with Crippen molar-refractivity contribution in [2.75, 3.05) is 7.11 Å². The molecule has 0 aromatic heterocycles. The van der Waals surface area contributed by atoms with Crippen LogP contribution in [0.25, 0.3) is 0 Å². The lowest BCUT2D eigenvalue weighted by Crippen LogP contribution is -1.98. The second-order valence-electron chi connectivity index (χ2n) is 4.05. The van der Waals surface area contributed by atoms with Crippen molar-refractivity contribution in [3.05, 3.63) is 72.3 Å². The zero-order chi connectivity index (χ0) is 13.0. The molecular weight excluding hydrogens is 224 g/mol. The average molecular weight is 240 g/mol. The lowest BCUT2D eigenvalue weighted by Gasteiger charge is -2.16. The van der Waals surface area contributed by atoms with Crippen molar-refractivity contribution in [1.29, 1.82) is 0 Å². The number of hydrogen-bond donors (Lipinski definition) is 1. The van der Waals surface area contributed by atoms with E-state index >= 15 is 0 Å². The zero-order valence-electron chi connectivity index (χ0n) is 10.3. The van der Waals surface area contributed by atoms with Crippen molar-refractivity contribution in [3.63, 3.8) is 0 Å². The standard InChI is InChI=1S/C16H16O2/c1-3-14(12-7-5-4-6-8-12)15-11-13(18-2)9-10-16(15)17/h3-11,14,17H,1H2,2H3. The molecule has 92 valence electrons. The molecular formula is C16H16O2. The molecule has 1 N–H and O–H groups in total. The summed E-state index contributed by atoms with van der Waals surface area (Å²) in [5.41, 5.74) is 1.90. The molecule has 18 heavy (non-hydrogen) atoms. The van der Waals surface area contributed by atoms with Crippen LogP contribution in [0.4, 0.5) is 0 Å². The Morgan fingerprint density at radius 1 is 1.17 bits per heavy atom. The van der Waals surface area contributed by atoms with Gasteiger partial charge in [-0.15, -0.1) is 6.58 Å². The summed E-state index contributed by atoms with van der Waals surface area (Å²) in [5, 5.41) is 9.99. The highest BCUT2D eigenvalue weighted by molar-refractivity contribution is 5.47. The number of methoxy groups -OCH3 is 1. The summed E-state index contributed by atoms with van der Waals surface area (Å²) in [4.78, 5) is 0. The first-order valence-corrected chi connectivity index (χ1v) is 5.80. The number of aromatic hydroxyl groups is 1. The minimum Gasteiger partial charge on any atom is -0.508 e. The third kappa shape index (κ3) is 2.38. The normalized spacial score (nSPS) is 11.8. The van der Waals surface area contributed by atoms with Crippen molar-refractivity contribution >= 4 is 0 Å². The Bertz CT molecular complexity index is 532. The molecule has 0 heterocycles. The highest BCUT2D eigenvalue weighted by Gasteiger charge is 2.15. The zero-order valence-corrected chi connectivity index (χ0v) is 10.3. The van der Waals surface area contributed by atoms with E-state index < -0.39 is 0 Å². The summed E-state index contributed by atoms with van der Waals surface area (Å²) in [6.07, 6.45) is 1.82. The van der Waals surface area contributed by atoms with E-state index in [2.05, 4.69) is 6.58 Å². The van der Waals surface area contributed by atoms with Crippen LogP contribution < -0.4 is 4.74 Å². The topological polar surface area (TPSA) is 29.5 Å². The molecule has 0 aliphatic rings. The van der Waals surface area contributed by atoms with Crippen molar-refractivity contribution in [2.45, 2.75) is 5.92 Å². The van der Waals surface area contributed by atoms with Gasteiger partial charge in [0.05, 0.1) is 7.11 Å². The Morgan fingerprint density at radius 3 is 2.50 bits per heavy atom. The molecule has 1 unspecified atom stereocenters. The molecule has 0 aliphatic heterocycles. The number of ether oxygens (including phenoxy) is 1. The van der Waals surface area contributed by atoms with Crippen LogP contribution in [0.2, 0.25) is 0 Å². The van der Waals surface area contributed by atoms with Crippen LogP contribution in [0.1, 0.15) is 17.0 Å². The van der Waals surface area contributed by atoms with Crippen LogP contribution in [0.5, 0.6) is 11.5 Å². The van der Waals surface area contributed by atoms with Crippen LogP contribution in [0, 0.1) is 0 Å². The summed E-state index contributed by atoms with van der Waals surface area (Å²) < 4.78 is 5.19. The lowest BCUT2D eigenvalue weighted by molar-refractivity contribution is 0.410. The molecule has 0 fully saturated rings. The van der Waals surface area contributed by atoms with Crippen molar-refractivity contribution in [3.8, 4) is 11.5 Å². The average Bonchev–Trinajstić information content (AvgIpc) is 2.43. The minimum absolute atomic E-state index is 0.0405. The summed E-state index contributed by atoms with van der Waals surface area (Å²) in [6, 6.07) is 15.2. The van der Waals surface area contributed by atoms with E-state index in [4.69, 9.17) is 4.74 Å². The Morgan fingerprint density at radius 2 is 1.89 bits per heavy atom. The van der Waals surface area contributed by atoms with Gasteiger partial charge >= 0.3 is 0 Å². The summed E-state index contributed by atoms with van der Waals surface area (Å²) in [7, 11) is 1.61. The van der Waals surface area contributed by atoms with Gasteiger partial charge in [0.1, 0.15) is 11.5 Å². The number of phenolic OH excluding ortho intramolecular Hbond substituents is 1. The molecule has 2 heteroatoms. The fraction of sp³-hybridized carbons (Fsp3) is 0.125. The van der Waals surface area contributed by atoms with Gasteiger partial charge in [-0.05, 0) is 23.8 Å². The molecule has 0 amide bonds. The highest BCUT2D eigenvalue weighted by Crippen LogP contribution is 2.34. The third-order valence-corrected chi connectivity index (χ3v) is 2.96. The number of allylic oxidation sites excluding steroid dienone is 1. The first-order valence-electron chi connectivity index (χ1n) is 5.80. The third-order valence-electron chi connectivity index (χ3n) is 2.96. The Balaban J connectivity index is 2.48. The molecule has 2 rings (SSSR count). The van der Waals surface area contributed by atoms with E-state index in [0.717, 1.165) is 16.9 Å². The van der Waals surface area contributed by atoms with Gasteiger partial charge < -0.3 is 9.84 Å².